The molecule has 2 aromatic rings. The average Bonchev–Trinajstić information content (AvgIpc) is 2.75. The predicted molar refractivity (Wildman–Crippen MR) is 121 cm³/mol. The summed E-state index contributed by atoms with van der Waals surface area (Å²) in [5, 5.41) is 13.6. The molecule has 0 aromatic heterocycles. The van der Waals surface area contributed by atoms with Crippen LogP contribution in [0.2, 0.25) is 0 Å². The van der Waals surface area contributed by atoms with E-state index in [1.54, 1.807) is 6.92 Å². The van der Waals surface area contributed by atoms with Crippen molar-refractivity contribution in [3.63, 3.8) is 0 Å². The van der Waals surface area contributed by atoms with Crippen molar-refractivity contribution in [2.45, 2.75) is 39.5 Å². The van der Waals surface area contributed by atoms with Gasteiger partial charge in [0.25, 0.3) is 0 Å². The van der Waals surface area contributed by atoms with Gasteiger partial charge in [-0.15, -0.1) is 0 Å². The van der Waals surface area contributed by atoms with Crippen LogP contribution in [0.1, 0.15) is 36.5 Å². The number of fused-ring (bicyclic) bond motifs is 1. The Kier molecular flexibility index (Phi) is 12.6. The summed E-state index contributed by atoms with van der Waals surface area (Å²) < 4.78 is 4.52. The molecule has 0 bridgehead atoms. The van der Waals surface area contributed by atoms with Crippen LogP contribution in [0.4, 0.5) is 5.69 Å². The number of methoxy groups -OCH3 is 1. The zero-order valence-corrected chi connectivity index (χ0v) is 18.2. The third kappa shape index (κ3) is 10.6. The predicted octanol–water partition coefficient (Wildman–Crippen LogP) is 3.26. The van der Waals surface area contributed by atoms with E-state index in [0.29, 0.717) is 13.0 Å². The topological polar surface area (TPSA) is 87.7 Å². The summed E-state index contributed by atoms with van der Waals surface area (Å²) in [5.74, 6) is -0.386. The van der Waals surface area contributed by atoms with Crippen LogP contribution in [-0.2, 0) is 27.2 Å². The Balaban J connectivity index is 0.000000372. The fourth-order valence-electron chi connectivity index (χ4n) is 2.83. The van der Waals surface area contributed by atoms with Crippen LogP contribution in [-0.4, -0.2) is 43.8 Å². The molecular weight excluding hydrogens is 380 g/mol. The second-order valence-electron chi connectivity index (χ2n) is 6.85. The Bertz CT molecular complexity index is 763. The molecule has 0 saturated carbocycles. The molecular formula is C24H34N2O4. The van der Waals surface area contributed by atoms with Gasteiger partial charge in [-0.2, -0.15) is 0 Å². The first-order chi connectivity index (χ1) is 14.5. The maximum absolute atomic E-state index is 11.8. The molecule has 0 atom stereocenters. The molecule has 1 aliphatic rings. The summed E-state index contributed by atoms with van der Waals surface area (Å²) in [5.41, 5.74) is 4.77. The van der Waals surface area contributed by atoms with E-state index in [9.17, 15) is 9.59 Å². The summed E-state index contributed by atoms with van der Waals surface area (Å²) in [6.07, 6.45) is 2.73. The van der Waals surface area contributed by atoms with E-state index in [1.165, 1.54) is 23.9 Å². The normalized spacial score (nSPS) is 11.3. The maximum Gasteiger partial charge on any atom is 0.307 e. The van der Waals surface area contributed by atoms with Crippen LogP contribution in [0.25, 0.3) is 0 Å². The number of anilines is 1. The van der Waals surface area contributed by atoms with Crippen LogP contribution in [0.5, 0.6) is 0 Å². The molecule has 6 nitrogen and oxygen atoms in total. The fraction of sp³-hybridized carbons (Fsp3) is 0.417. The molecule has 1 heterocycles. The molecule has 2 aromatic carbocycles. The van der Waals surface area contributed by atoms with Gasteiger partial charge in [0, 0.05) is 25.4 Å². The molecule has 1 amide bonds. The van der Waals surface area contributed by atoms with Crippen LogP contribution >= 0.6 is 0 Å². The standard InChI is InChI=1S/C15H20N2O3.C7H8.C2H6O/c1-20-15(19)6-8-17-14(18)10-11-4-5-13-12(9-11)3-2-7-16-13;1-7-5-3-2-4-6-7;1-2-3/h4-5,9,16H,2-3,6-8,10H2,1H3,(H,17,18);2-6H,1H3;3H,2H2,1H3. The summed E-state index contributed by atoms with van der Waals surface area (Å²) in [7, 11) is 1.34. The quantitative estimate of drug-likeness (QED) is 0.654. The van der Waals surface area contributed by atoms with Gasteiger partial charge in [-0.05, 0) is 43.9 Å². The molecule has 3 rings (SSSR count). The Morgan fingerprint density at radius 1 is 1.17 bits per heavy atom. The molecule has 0 aliphatic carbocycles. The van der Waals surface area contributed by atoms with E-state index < -0.39 is 0 Å². The minimum Gasteiger partial charge on any atom is -0.469 e. The summed E-state index contributed by atoms with van der Waals surface area (Å²) in [6, 6.07) is 16.3. The lowest BCUT2D eigenvalue weighted by molar-refractivity contribution is -0.140. The number of esters is 1. The fourth-order valence-corrected chi connectivity index (χ4v) is 2.83. The van der Waals surface area contributed by atoms with E-state index >= 15 is 0 Å². The minimum atomic E-state index is -0.315. The molecule has 0 fully saturated rings. The first-order valence-electron chi connectivity index (χ1n) is 10.3. The molecule has 0 radical (unpaired) electrons. The number of aliphatic hydroxyl groups excluding tert-OH is 1. The van der Waals surface area contributed by atoms with E-state index in [0.717, 1.165) is 24.9 Å². The molecule has 164 valence electrons. The van der Waals surface area contributed by atoms with Gasteiger partial charge >= 0.3 is 5.97 Å². The van der Waals surface area contributed by atoms with Crippen molar-refractivity contribution in [2.75, 3.05) is 32.1 Å². The zero-order chi connectivity index (χ0) is 22.2. The number of rotatable bonds is 5. The van der Waals surface area contributed by atoms with Gasteiger partial charge in [0.1, 0.15) is 0 Å². The molecule has 1 aliphatic heterocycles. The van der Waals surface area contributed by atoms with Crippen molar-refractivity contribution in [1.82, 2.24) is 5.32 Å². The number of nitrogens with one attached hydrogen (secondary N) is 2. The first kappa shape index (κ1) is 25.2. The number of hydrogen-bond donors (Lipinski definition) is 3. The number of hydrogen-bond acceptors (Lipinski definition) is 5. The van der Waals surface area contributed by atoms with Crippen molar-refractivity contribution in [1.29, 1.82) is 0 Å². The van der Waals surface area contributed by atoms with Crippen LogP contribution in [0.15, 0.2) is 48.5 Å². The molecule has 30 heavy (non-hydrogen) atoms. The number of carbonyl (C=O) groups is 2. The van der Waals surface area contributed by atoms with Gasteiger partial charge in [0.05, 0.1) is 20.0 Å². The zero-order valence-electron chi connectivity index (χ0n) is 18.2. The maximum atomic E-state index is 11.8. The van der Waals surface area contributed by atoms with Gasteiger partial charge in [-0.3, -0.25) is 9.59 Å². The largest absolute Gasteiger partial charge is 0.469 e. The molecule has 0 unspecified atom stereocenters. The first-order valence-corrected chi connectivity index (χ1v) is 10.3. The number of aryl methyl sites for hydroxylation is 2. The molecule has 6 heteroatoms. The number of benzene rings is 2. The van der Waals surface area contributed by atoms with Crippen molar-refractivity contribution in [3.05, 3.63) is 65.2 Å². The SMILES string of the molecule is CCO.COC(=O)CCNC(=O)Cc1ccc2c(c1)CCCN2.Cc1ccccc1. The number of ether oxygens (including phenoxy) is 1. The molecule has 0 saturated heterocycles. The lowest BCUT2D eigenvalue weighted by Gasteiger charge is -2.18. The lowest BCUT2D eigenvalue weighted by atomic mass is 9.99. The van der Waals surface area contributed by atoms with Crippen molar-refractivity contribution in [3.8, 4) is 0 Å². The van der Waals surface area contributed by atoms with E-state index in [1.807, 2.05) is 30.3 Å². The molecule has 3 N–H and O–H groups in total. The minimum absolute atomic E-state index is 0.0716. The van der Waals surface area contributed by atoms with Gasteiger partial charge < -0.3 is 20.5 Å². The second kappa shape index (κ2) is 15.0. The summed E-state index contributed by atoms with van der Waals surface area (Å²) in [6.45, 7) is 5.35. The van der Waals surface area contributed by atoms with Crippen molar-refractivity contribution in [2.24, 2.45) is 0 Å². The van der Waals surface area contributed by atoms with E-state index in [-0.39, 0.29) is 24.9 Å². The average molecular weight is 415 g/mol. The van der Waals surface area contributed by atoms with Gasteiger partial charge in [-0.1, -0.05) is 48.0 Å². The number of carbonyl (C=O) groups excluding carboxylic acids is 2. The Morgan fingerprint density at radius 2 is 1.87 bits per heavy atom. The second-order valence-corrected chi connectivity index (χ2v) is 6.85. The lowest BCUT2D eigenvalue weighted by Crippen LogP contribution is -2.27. The van der Waals surface area contributed by atoms with Crippen molar-refractivity contribution < 1.29 is 19.4 Å². The van der Waals surface area contributed by atoms with Gasteiger partial charge in [0.2, 0.25) is 5.91 Å². The van der Waals surface area contributed by atoms with Crippen LogP contribution in [0.3, 0.4) is 0 Å². The highest BCUT2D eigenvalue weighted by Gasteiger charge is 2.10. The summed E-state index contributed by atoms with van der Waals surface area (Å²) in [4.78, 5) is 22.7. The molecule has 0 spiro atoms. The van der Waals surface area contributed by atoms with Crippen LogP contribution < -0.4 is 10.6 Å². The highest BCUT2D eigenvalue weighted by Crippen LogP contribution is 2.23. The van der Waals surface area contributed by atoms with E-state index in [2.05, 4.69) is 40.5 Å². The Labute approximate surface area is 179 Å². The smallest absolute Gasteiger partial charge is 0.307 e. The third-order valence-corrected chi connectivity index (χ3v) is 4.29. The Hall–Kier alpha value is -2.86. The monoisotopic (exact) mass is 414 g/mol. The van der Waals surface area contributed by atoms with E-state index in [4.69, 9.17) is 5.11 Å². The number of aliphatic hydroxyl groups is 1. The highest BCUT2D eigenvalue weighted by atomic mass is 16.5. The highest BCUT2D eigenvalue weighted by molar-refractivity contribution is 5.79. The number of amides is 1. The van der Waals surface area contributed by atoms with Crippen molar-refractivity contribution >= 4 is 17.6 Å². The Morgan fingerprint density at radius 3 is 2.47 bits per heavy atom. The van der Waals surface area contributed by atoms with Crippen LogP contribution in [0, 0.1) is 6.92 Å². The summed E-state index contributed by atoms with van der Waals surface area (Å²) >= 11 is 0. The third-order valence-electron chi connectivity index (χ3n) is 4.29. The van der Waals surface area contributed by atoms with Gasteiger partial charge in [-0.25, -0.2) is 0 Å². The van der Waals surface area contributed by atoms with Gasteiger partial charge in [0.15, 0.2) is 0 Å².